The summed E-state index contributed by atoms with van der Waals surface area (Å²) in [5, 5.41) is 2.56. The van der Waals surface area contributed by atoms with Gasteiger partial charge in [0.2, 0.25) is 0 Å². The Morgan fingerprint density at radius 2 is 2.06 bits per heavy atom. The van der Waals surface area contributed by atoms with Crippen LogP contribution in [0.5, 0.6) is 0 Å². The minimum atomic E-state index is -3.99. The molecule has 1 N–H and O–H groups in total. The van der Waals surface area contributed by atoms with Crippen molar-refractivity contribution >= 4 is 0 Å². The van der Waals surface area contributed by atoms with Crippen molar-refractivity contribution in [2.75, 3.05) is 6.54 Å². The van der Waals surface area contributed by atoms with Crippen LogP contribution in [0.3, 0.4) is 0 Å². The third-order valence-corrected chi connectivity index (χ3v) is 2.97. The molecule has 0 fully saturated rings. The highest BCUT2D eigenvalue weighted by molar-refractivity contribution is 5.17. The third kappa shape index (κ3) is 3.69. The van der Waals surface area contributed by atoms with Crippen molar-refractivity contribution in [3.63, 3.8) is 0 Å². The number of rotatable bonds is 6. The molecule has 0 saturated heterocycles. The summed E-state index contributed by atoms with van der Waals surface area (Å²) >= 11 is 0. The molecule has 0 aromatic carbocycles. The molecule has 0 heterocycles. The van der Waals surface area contributed by atoms with Gasteiger partial charge in [0.05, 0.1) is 6.04 Å². The first-order valence-electron chi connectivity index (χ1n) is 6.08. The molecule has 0 aromatic heterocycles. The topological polar surface area (TPSA) is 12.0 Å². The van der Waals surface area contributed by atoms with Gasteiger partial charge in [-0.1, -0.05) is 18.6 Å². The number of alkyl halides is 4. The van der Waals surface area contributed by atoms with Crippen molar-refractivity contribution < 1.29 is 17.6 Å². The Morgan fingerprint density at radius 3 is 2.53 bits per heavy atom. The van der Waals surface area contributed by atoms with Gasteiger partial charge in [0.1, 0.15) is 0 Å². The van der Waals surface area contributed by atoms with E-state index in [1.807, 2.05) is 6.92 Å². The van der Waals surface area contributed by atoms with Crippen molar-refractivity contribution in [3.8, 4) is 0 Å². The summed E-state index contributed by atoms with van der Waals surface area (Å²) in [6, 6.07) is -1.51. The zero-order valence-electron chi connectivity index (χ0n) is 9.99. The molecule has 1 aliphatic rings. The Kier molecular flexibility index (Phi) is 5.43. The highest BCUT2D eigenvalue weighted by Crippen LogP contribution is 2.34. The van der Waals surface area contributed by atoms with Gasteiger partial charge >= 0.3 is 12.3 Å². The standard InChI is InChI=1S/C12H19F4N/c1-2-8-17-10(12(15,16)11(13)14)9-6-4-3-5-7-9/h6,10-11,17H,2-5,7-8H2,1H3. The van der Waals surface area contributed by atoms with Gasteiger partial charge in [-0.2, -0.15) is 8.78 Å². The van der Waals surface area contributed by atoms with Crippen molar-refractivity contribution in [2.45, 2.75) is 57.4 Å². The number of allylic oxidation sites excluding steroid dienone is 1. The van der Waals surface area contributed by atoms with Crippen molar-refractivity contribution in [3.05, 3.63) is 11.6 Å². The van der Waals surface area contributed by atoms with E-state index in [2.05, 4.69) is 5.32 Å². The summed E-state index contributed by atoms with van der Waals surface area (Å²) in [4.78, 5) is 0. The predicted octanol–water partition coefficient (Wildman–Crippen LogP) is 3.76. The van der Waals surface area contributed by atoms with E-state index in [1.165, 1.54) is 0 Å². The van der Waals surface area contributed by atoms with Crippen molar-refractivity contribution in [1.82, 2.24) is 5.32 Å². The molecule has 17 heavy (non-hydrogen) atoms. The van der Waals surface area contributed by atoms with Crippen molar-refractivity contribution in [1.29, 1.82) is 0 Å². The first kappa shape index (κ1) is 14.5. The Hall–Kier alpha value is -0.580. The fourth-order valence-corrected chi connectivity index (χ4v) is 2.05. The lowest BCUT2D eigenvalue weighted by Gasteiger charge is -2.31. The lowest BCUT2D eigenvalue weighted by Crippen LogP contribution is -2.51. The molecule has 0 radical (unpaired) electrons. The Bertz CT molecular complexity index is 263. The van der Waals surface area contributed by atoms with E-state index in [0.29, 0.717) is 31.4 Å². The molecule has 1 atom stereocenters. The largest absolute Gasteiger partial charge is 0.326 e. The van der Waals surface area contributed by atoms with Gasteiger partial charge in [0, 0.05) is 0 Å². The predicted molar refractivity (Wildman–Crippen MR) is 59.6 cm³/mol. The van der Waals surface area contributed by atoms with Crippen LogP contribution in [0.4, 0.5) is 17.6 Å². The van der Waals surface area contributed by atoms with Crippen LogP contribution in [0.2, 0.25) is 0 Å². The molecule has 0 spiro atoms. The highest BCUT2D eigenvalue weighted by atomic mass is 19.3. The quantitative estimate of drug-likeness (QED) is 0.561. The van der Waals surface area contributed by atoms with E-state index in [-0.39, 0.29) is 0 Å². The highest BCUT2D eigenvalue weighted by Gasteiger charge is 2.49. The number of nitrogens with one attached hydrogen (secondary N) is 1. The van der Waals surface area contributed by atoms with Crippen molar-refractivity contribution in [2.24, 2.45) is 0 Å². The average Bonchev–Trinajstić information content (AvgIpc) is 2.30. The molecule has 100 valence electrons. The summed E-state index contributed by atoms with van der Waals surface area (Å²) in [5.74, 6) is -3.99. The van der Waals surface area contributed by atoms with Gasteiger partial charge in [-0.25, -0.2) is 8.78 Å². The molecule has 1 nitrogen and oxygen atoms in total. The fraction of sp³-hybridized carbons (Fsp3) is 0.833. The molecule has 0 bridgehead atoms. The molecule has 5 heteroatoms. The minimum Gasteiger partial charge on any atom is -0.305 e. The molecule has 0 aromatic rings. The first-order chi connectivity index (χ1) is 8.00. The van der Waals surface area contributed by atoms with E-state index in [4.69, 9.17) is 0 Å². The zero-order chi connectivity index (χ0) is 12.9. The third-order valence-electron chi connectivity index (χ3n) is 2.97. The van der Waals surface area contributed by atoms with E-state index < -0.39 is 18.4 Å². The van der Waals surface area contributed by atoms with Gasteiger partial charge in [0.25, 0.3) is 0 Å². The summed E-state index contributed by atoms with van der Waals surface area (Å²) in [5.41, 5.74) is 0.440. The molecular weight excluding hydrogens is 234 g/mol. The second-order valence-electron chi connectivity index (χ2n) is 4.39. The van der Waals surface area contributed by atoms with E-state index in [1.54, 1.807) is 6.08 Å². The molecular formula is C12H19F4N. The van der Waals surface area contributed by atoms with Crippen LogP contribution < -0.4 is 5.32 Å². The Balaban J connectivity index is 2.82. The molecule has 1 rings (SSSR count). The van der Waals surface area contributed by atoms with E-state index in [9.17, 15) is 17.6 Å². The average molecular weight is 253 g/mol. The van der Waals surface area contributed by atoms with E-state index in [0.717, 1.165) is 12.8 Å². The zero-order valence-corrected chi connectivity index (χ0v) is 9.99. The maximum atomic E-state index is 13.5. The summed E-state index contributed by atoms with van der Waals surface area (Å²) in [7, 11) is 0. The smallest absolute Gasteiger partial charge is 0.305 e. The monoisotopic (exact) mass is 253 g/mol. The molecule has 1 aliphatic carbocycles. The van der Waals surface area contributed by atoms with Gasteiger partial charge in [-0.05, 0) is 38.6 Å². The van der Waals surface area contributed by atoms with Crippen LogP contribution in [0.15, 0.2) is 11.6 Å². The molecule has 0 amide bonds. The van der Waals surface area contributed by atoms with Crippen LogP contribution in [0, 0.1) is 0 Å². The number of halogens is 4. The van der Waals surface area contributed by atoms with Gasteiger partial charge in [0.15, 0.2) is 0 Å². The van der Waals surface area contributed by atoms with Crippen LogP contribution in [0.1, 0.15) is 39.0 Å². The maximum absolute atomic E-state index is 13.5. The fourth-order valence-electron chi connectivity index (χ4n) is 2.05. The number of hydrogen-bond acceptors (Lipinski definition) is 1. The molecule has 0 saturated carbocycles. The SMILES string of the molecule is CCCNC(C1=CCCCC1)C(F)(F)C(F)F. The summed E-state index contributed by atoms with van der Waals surface area (Å²) < 4.78 is 51.8. The van der Waals surface area contributed by atoms with Crippen LogP contribution in [-0.2, 0) is 0 Å². The van der Waals surface area contributed by atoms with Gasteiger partial charge in [-0.3, -0.25) is 0 Å². The van der Waals surface area contributed by atoms with E-state index >= 15 is 0 Å². The second kappa shape index (κ2) is 6.38. The summed E-state index contributed by atoms with van der Waals surface area (Å²) in [6.45, 7) is 2.14. The number of hydrogen-bond donors (Lipinski definition) is 1. The van der Waals surface area contributed by atoms with Gasteiger partial charge in [-0.15, -0.1) is 0 Å². The van der Waals surface area contributed by atoms with Crippen LogP contribution in [0.25, 0.3) is 0 Å². The van der Waals surface area contributed by atoms with Crippen LogP contribution >= 0.6 is 0 Å². The van der Waals surface area contributed by atoms with Crippen LogP contribution in [-0.4, -0.2) is 24.9 Å². The second-order valence-corrected chi connectivity index (χ2v) is 4.39. The maximum Gasteiger partial charge on any atom is 0.326 e. The molecule has 1 unspecified atom stereocenters. The Labute approximate surface area is 99.3 Å². The minimum absolute atomic E-state index is 0.324. The normalized spacial score (nSPS) is 19.3. The summed E-state index contributed by atoms with van der Waals surface area (Å²) in [6.07, 6.45) is 1.65. The first-order valence-corrected chi connectivity index (χ1v) is 6.08. The Morgan fingerprint density at radius 1 is 1.35 bits per heavy atom. The lowest BCUT2D eigenvalue weighted by molar-refractivity contribution is -0.143. The molecule has 0 aliphatic heterocycles. The lowest BCUT2D eigenvalue weighted by atomic mass is 9.90. The van der Waals surface area contributed by atoms with Gasteiger partial charge < -0.3 is 5.32 Å².